The number of nitrogens with one attached hydrogen (secondary N) is 1. The Bertz CT molecular complexity index is 732. The Hall–Kier alpha value is -1.80. The molecular formula is C26H42N2O5S. The number of rotatable bonds is 15. The van der Waals surface area contributed by atoms with Crippen LogP contribution < -0.4 is 5.43 Å². The van der Waals surface area contributed by atoms with Crippen molar-refractivity contribution in [2.75, 3.05) is 12.4 Å². The van der Waals surface area contributed by atoms with E-state index in [-0.39, 0.29) is 42.5 Å². The average molecular weight is 495 g/mol. The minimum absolute atomic E-state index is 0.0589. The van der Waals surface area contributed by atoms with Gasteiger partial charge < -0.3 is 9.15 Å². The lowest BCUT2D eigenvalue weighted by Crippen LogP contribution is -2.56. The summed E-state index contributed by atoms with van der Waals surface area (Å²) in [5, 5.41) is 1.31. The molecule has 1 N–H and O–H groups in total. The van der Waals surface area contributed by atoms with Gasteiger partial charge in [-0.3, -0.25) is 19.8 Å². The number of Topliss-reactive ketones (excluding diaryl/α,β-unsaturated/α-hetero) is 1. The van der Waals surface area contributed by atoms with Crippen molar-refractivity contribution >= 4 is 29.4 Å². The zero-order valence-corrected chi connectivity index (χ0v) is 21.9. The van der Waals surface area contributed by atoms with E-state index in [0.29, 0.717) is 24.5 Å². The van der Waals surface area contributed by atoms with Gasteiger partial charge in [-0.05, 0) is 43.7 Å². The lowest BCUT2D eigenvalue weighted by atomic mass is 9.98. The standard InChI is InChI=1S/C26H42N2O5S/c1-4-5-13-23(24(29)19-34-18-22-12-9-16-32-22)28(26(31)15-14-20(2)3)27-25(30)17-33-21-10-7-6-8-11-21/h9,12,16,20-21,23H,4-8,10-11,13-15,17-19H2,1-3H3,(H,27,30). The smallest absolute Gasteiger partial charge is 0.264 e. The number of nitrogens with zero attached hydrogens (tertiary/aromatic N) is 1. The summed E-state index contributed by atoms with van der Waals surface area (Å²) >= 11 is 1.46. The van der Waals surface area contributed by atoms with Crippen LogP contribution in [0.2, 0.25) is 0 Å². The van der Waals surface area contributed by atoms with Crippen LogP contribution in [0.15, 0.2) is 22.8 Å². The molecule has 7 nitrogen and oxygen atoms in total. The molecule has 1 unspecified atom stereocenters. The molecule has 0 aromatic carbocycles. The second-order valence-electron chi connectivity index (χ2n) is 9.50. The van der Waals surface area contributed by atoms with Crippen LogP contribution in [0.3, 0.4) is 0 Å². The highest BCUT2D eigenvalue weighted by Crippen LogP contribution is 2.21. The Kier molecular flexibility index (Phi) is 13.4. The Balaban J connectivity index is 2.03. The maximum Gasteiger partial charge on any atom is 0.264 e. The zero-order chi connectivity index (χ0) is 24.8. The number of furan rings is 1. The monoisotopic (exact) mass is 494 g/mol. The predicted octanol–water partition coefficient (Wildman–Crippen LogP) is 5.29. The second-order valence-corrected chi connectivity index (χ2v) is 10.5. The number of ether oxygens (including phenoxy) is 1. The molecule has 1 aliphatic rings. The molecule has 1 aliphatic carbocycles. The highest BCUT2D eigenvalue weighted by Gasteiger charge is 2.31. The Labute approximate surface area is 208 Å². The summed E-state index contributed by atoms with van der Waals surface area (Å²) in [7, 11) is 0. The van der Waals surface area contributed by atoms with E-state index in [2.05, 4.69) is 26.2 Å². The van der Waals surface area contributed by atoms with Gasteiger partial charge in [0.15, 0.2) is 5.78 Å². The first-order chi connectivity index (χ1) is 16.4. The van der Waals surface area contributed by atoms with Crippen LogP contribution in [0.25, 0.3) is 0 Å². The van der Waals surface area contributed by atoms with E-state index < -0.39 is 6.04 Å². The maximum absolute atomic E-state index is 13.2. The maximum atomic E-state index is 13.2. The van der Waals surface area contributed by atoms with Crippen LogP contribution >= 0.6 is 11.8 Å². The summed E-state index contributed by atoms with van der Waals surface area (Å²) in [6.07, 6.45) is 10.3. The third kappa shape index (κ3) is 10.6. The number of carbonyl (C=O) groups excluding carboxylic acids is 3. The SMILES string of the molecule is CCCCC(C(=O)CSCc1ccco1)N(NC(=O)COC1CCCCC1)C(=O)CCC(C)C. The molecule has 1 atom stereocenters. The lowest BCUT2D eigenvalue weighted by Gasteiger charge is -2.32. The third-order valence-electron chi connectivity index (χ3n) is 6.03. The predicted molar refractivity (Wildman–Crippen MR) is 135 cm³/mol. The number of hydrazine groups is 1. The van der Waals surface area contributed by atoms with E-state index in [1.54, 1.807) is 6.26 Å². The summed E-state index contributed by atoms with van der Waals surface area (Å²) in [6.45, 7) is 6.06. The van der Waals surface area contributed by atoms with Crippen molar-refractivity contribution in [2.45, 2.75) is 103 Å². The lowest BCUT2D eigenvalue weighted by molar-refractivity contribution is -0.150. The van der Waals surface area contributed by atoms with E-state index in [4.69, 9.17) is 9.15 Å². The minimum atomic E-state index is -0.678. The number of hydrogen-bond acceptors (Lipinski definition) is 6. The average Bonchev–Trinajstić information content (AvgIpc) is 3.35. The van der Waals surface area contributed by atoms with Crippen LogP contribution in [-0.2, 0) is 24.9 Å². The molecule has 0 bridgehead atoms. The third-order valence-corrected chi connectivity index (χ3v) is 7.01. The Morgan fingerprint density at radius 3 is 2.62 bits per heavy atom. The molecule has 192 valence electrons. The van der Waals surface area contributed by atoms with E-state index in [1.807, 2.05) is 12.1 Å². The van der Waals surface area contributed by atoms with Crippen molar-refractivity contribution in [3.63, 3.8) is 0 Å². The van der Waals surface area contributed by atoms with Crippen molar-refractivity contribution < 1.29 is 23.5 Å². The fraction of sp³-hybridized carbons (Fsp3) is 0.731. The number of amides is 2. The molecule has 1 saturated carbocycles. The molecule has 0 radical (unpaired) electrons. The van der Waals surface area contributed by atoms with Gasteiger partial charge in [-0.15, -0.1) is 11.8 Å². The second kappa shape index (κ2) is 16.0. The topological polar surface area (TPSA) is 88.8 Å². The van der Waals surface area contributed by atoms with Gasteiger partial charge in [0, 0.05) is 6.42 Å². The van der Waals surface area contributed by atoms with E-state index in [1.165, 1.54) is 23.2 Å². The number of unbranched alkanes of at least 4 members (excludes halogenated alkanes) is 1. The van der Waals surface area contributed by atoms with Crippen LogP contribution in [0.4, 0.5) is 0 Å². The van der Waals surface area contributed by atoms with Gasteiger partial charge in [0.1, 0.15) is 18.4 Å². The van der Waals surface area contributed by atoms with Crippen molar-refractivity contribution in [3.8, 4) is 0 Å². The molecule has 2 amide bonds. The normalized spacial score (nSPS) is 15.3. The molecular weight excluding hydrogens is 452 g/mol. The molecule has 0 saturated heterocycles. The highest BCUT2D eigenvalue weighted by atomic mass is 32.2. The number of thioether (sulfide) groups is 1. The van der Waals surface area contributed by atoms with Gasteiger partial charge in [-0.2, -0.15) is 0 Å². The summed E-state index contributed by atoms with van der Waals surface area (Å²) in [6, 6.07) is 3.02. The number of hydrogen-bond donors (Lipinski definition) is 1. The summed E-state index contributed by atoms with van der Waals surface area (Å²) < 4.78 is 11.1. The Morgan fingerprint density at radius 2 is 1.97 bits per heavy atom. The summed E-state index contributed by atoms with van der Waals surface area (Å²) in [4.78, 5) is 39.1. The van der Waals surface area contributed by atoms with E-state index >= 15 is 0 Å². The molecule has 34 heavy (non-hydrogen) atoms. The molecule has 1 aromatic rings. The van der Waals surface area contributed by atoms with Gasteiger partial charge in [0.2, 0.25) is 5.91 Å². The first-order valence-corrected chi connectivity index (χ1v) is 13.9. The van der Waals surface area contributed by atoms with Crippen LogP contribution in [-0.4, -0.2) is 47.1 Å². The van der Waals surface area contributed by atoms with Crippen LogP contribution in [0.1, 0.15) is 90.7 Å². The fourth-order valence-electron chi connectivity index (χ4n) is 4.01. The molecule has 8 heteroatoms. The first kappa shape index (κ1) is 28.4. The molecule has 1 heterocycles. The highest BCUT2D eigenvalue weighted by molar-refractivity contribution is 7.99. The van der Waals surface area contributed by atoms with Gasteiger partial charge >= 0.3 is 0 Å². The molecule has 0 aliphatic heterocycles. The Morgan fingerprint density at radius 1 is 1.21 bits per heavy atom. The summed E-state index contributed by atoms with van der Waals surface area (Å²) in [5.74, 6) is 1.34. The van der Waals surface area contributed by atoms with Crippen molar-refractivity contribution in [1.29, 1.82) is 0 Å². The van der Waals surface area contributed by atoms with Gasteiger partial charge in [0.25, 0.3) is 5.91 Å². The summed E-state index contributed by atoms with van der Waals surface area (Å²) in [5.41, 5.74) is 2.75. The largest absolute Gasteiger partial charge is 0.468 e. The van der Waals surface area contributed by atoms with Crippen molar-refractivity contribution in [1.82, 2.24) is 10.4 Å². The van der Waals surface area contributed by atoms with Crippen molar-refractivity contribution in [2.24, 2.45) is 5.92 Å². The van der Waals surface area contributed by atoms with Gasteiger partial charge in [0.05, 0.1) is 23.9 Å². The fourth-order valence-corrected chi connectivity index (χ4v) is 4.87. The van der Waals surface area contributed by atoms with Gasteiger partial charge in [-0.25, -0.2) is 5.01 Å². The van der Waals surface area contributed by atoms with Crippen LogP contribution in [0.5, 0.6) is 0 Å². The minimum Gasteiger partial charge on any atom is -0.468 e. The molecule has 1 fully saturated rings. The molecule has 2 rings (SSSR count). The number of carbonyl (C=O) groups is 3. The quantitative estimate of drug-likeness (QED) is 0.334. The molecule has 0 spiro atoms. The van der Waals surface area contributed by atoms with E-state index in [9.17, 15) is 14.4 Å². The molecule has 1 aromatic heterocycles. The van der Waals surface area contributed by atoms with Crippen LogP contribution in [0, 0.1) is 5.92 Å². The van der Waals surface area contributed by atoms with Gasteiger partial charge in [-0.1, -0.05) is 52.9 Å². The number of ketones is 1. The van der Waals surface area contributed by atoms with Crippen molar-refractivity contribution in [3.05, 3.63) is 24.2 Å². The zero-order valence-electron chi connectivity index (χ0n) is 21.1. The van der Waals surface area contributed by atoms with E-state index in [0.717, 1.165) is 44.3 Å². The first-order valence-electron chi connectivity index (χ1n) is 12.8.